The summed E-state index contributed by atoms with van der Waals surface area (Å²) in [5, 5.41) is 12.3. The van der Waals surface area contributed by atoms with E-state index in [1.807, 2.05) is 0 Å². The lowest BCUT2D eigenvalue weighted by Crippen LogP contribution is -1.99. The van der Waals surface area contributed by atoms with Gasteiger partial charge >= 0.3 is 0 Å². The summed E-state index contributed by atoms with van der Waals surface area (Å²) < 4.78 is 17.8. The van der Waals surface area contributed by atoms with Gasteiger partial charge in [-0.05, 0) is 36.5 Å². The second kappa shape index (κ2) is 8.64. The van der Waals surface area contributed by atoms with Crippen LogP contribution in [-0.2, 0) is 0 Å². The molecule has 0 saturated carbocycles. The van der Waals surface area contributed by atoms with E-state index in [0.29, 0.717) is 49.0 Å². The largest absolute Gasteiger partial charge is 0.496 e. The van der Waals surface area contributed by atoms with Gasteiger partial charge in [-0.1, -0.05) is 23.2 Å². The molecule has 0 aliphatic rings. The van der Waals surface area contributed by atoms with Crippen LogP contribution < -0.4 is 14.2 Å². The lowest BCUT2D eigenvalue weighted by Gasteiger charge is -2.11. The minimum Gasteiger partial charge on any atom is -0.496 e. The Kier molecular flexibility index (Phi) is 6.23. The summed E-state index contributed by atoms with van der Waals surface area (Å²) in [5.74, 6) is 2.09. The molecule has 1 N–H and O–H groups in total. The maximum Gasteiger partial charge on any atom is 0.216 e. The first kappa shape index (κ1) is 20.2. The van der Waals surface area contributed by atoms with Crippen molar-refractivity contribution in [1.29, 1.82) is 0 Å². The number of halogens is 2. The van der Waals surface area contributed by atoms with Gasteiger partial charge in [0.15, 0.2) is 17.3 Å². The first-order chi connectivity index (χ1) is 13.5. The van der Waals surface area contributed by atoms with Crippen LogP contribution in [0.15, 0.2) is 35.4 Å². The molecule has 146 valence electrons. The van der Waals surface area contributed by atoms with Crippen molar-refractivity contribution in [3.05, 3.63) is 50.7 Å². The smallest absolute Gasteiger partial charge is 0.216 e. The molecule has 28 heavy (non-hydrogen) atoms. The van der Waals surface area contributed by atoms with Crippen LogP contribution in [0.3, 0.4) is 0 Å². The average molecular weight is 439 g/mol. The first-order valence-corrected chi connectivity index (χ1v) is 9.12. The fourth-order valence-electron chi connectivity index (χ4n) is 2.52. The van der Waals surface area contributed by atoms with Crippen molar-refractivity contribution in [2.24, 2.45) is 5.10 Å². The Morgan fingerprint density at radius 2 is 1.71 bits per heavy atom. The minimum atomic E-state index is 0.303. The molecular formula is C18H16Cl2N4O3S. The number of aromatic nitrogens is 3. The second-order valence-electron chi connectivity index (χ2n) is 5.48. The Hall–Kier alpha value is -2.55. The van der Waals surface area contributed by atoms with Gasteiger partial charge in [-0.2, -0.15) is 14.9 Å². The minimum absolute atomic E-state index is 0.303. The number of benzene rings is 2. The van der Waals surface area contributed by atoms with Gasteiger partial charge in [-0.25, -0.2) is 5.10 Å². The highest BCUT2D eigenvalue weighted by molar-refractivity contribution is 7.71. The normalized spacial score (nSPS) is 11.0. The van der Waals surface area contributed by atoms with Crippen LogP contribution in [0.2, 0.25) is 10.0 Å². The van der Waals surface area contributed by atoms with Gasteiger partial charge < -0.3 is 14.2 Å². The van der Waals surface area contributed by atoms with Crippen molar-refractivity contribution in [3.63, 3.8) is 0 Å². The lowest BCUT2D eigenvalue weighted by molar-refractivity contribution is 0.349. The molecule has 0 amide bonds. The van der Waals surface area contributed by atoms with Crippen LogP contribution in [0, 0.1) is 4.77 Å². The monoisotopic (exact) mass is 438 g/mol. The Morgan fingerprint density at radius 3 is 2.36 bits per heavy atom. The third-order valence-electron chi connectivity index (χ3n) is 3.87. The zero-order valence-corrected chi connectivity index (χ0v) is 17.5. The zero-order chi connectivity index (χ0) is 20.3. The van der Waals surface area contributed by atoms with Gasteiger partial charge in [-0.3, -0.25) is 0 Å². The van der Waals surface area contributed by atoms with Crippen LogP contribution >= 0.6 is 35.4 Å². The van der Waals surface area contributed by atoms with E-state index in [9.17, 15) is 0 Å². The second-order valence-corrected chi connectivity index (χ2v) is 6.71. The molecule has 0 fully saturated rings. The van der Waals surface area contributed by atoms with Gasteiger partial charge in [0.1, 0.15) is 5.75 Å². The SMILES string of the molecule is COc1cc(OC)c(OC)cc1/C=N\n1c(-c2ccc(Cl)cc2Cl)n[nH]c1=S. The summed E-state index contributed by atoms with van der Waals surface area (Å²) in [6.45, 7) is 0. The number of ether oxygens (including phenoxy) is 3. The van der Waals surface area contributed by atoms with Gasteiger partial charge in [-0.15, -0.1) is 0 Å². The number of rotatable bonds is 6. The van der Waals surface area contributed by atoms with Crippen LogP contribution in [0.5, 0.6) is 17.2 Å². The fraction of sp³-hybridized carbons (Fsp3) is 0.167. The van der Waals surface area contributed by atoms with E-state index in [2.05, 4.69) is 15.3 Å². The molecule has 0 saturated heterocycles. The highest BCUT2D eigenvalue weighted by atomic mass is 35.5. The molecule has 0 aliphatic carbocycles. The van der Waals surface area contributed by atoms with Crippen molar-refractivity contribution >= 4 is 41.6 Å². The number of methoxy groups -OCH3 is 3. The van der Waals surface area contributed by atoms with Crippen LogP contribution in [-0.4, -0.2) is 42.4 Å². The van der Waals surface area contributed by atoms with E-state index >= 15 is 0 Å². The maximum absolute atomic E-state index is 6.30. The quantitative estimate of drug-likeness (QED) is 0.440. The molecule has 7 nitrogen and oxygen atoms in total. The number of H-pyrrole nitrogens is 1. The Labute approximate surface area is 176 Å². The van der Waals surface area contributed by atoms with E-state index in [-0.39, 0.29) is 0 Å². The number of aromatic amines is 1. The van der Waals surface area contributed by atoms with E-state index in [0.717, 1.165) is 0 Å². The molecule has 0 aliphatic heterocycles. The molecule has 0 bridgehead atoms. The maximum atomic E-state index is 6.30. The number of hydrogen-bond acceptors (Lipinski definition) is 6. The lowest BCUT2D eigenvalue weighted by atomic mass is 10.2. The first-order valence-electron chi connectivity index (χ1n) is 7.95. The number of nitrogens with one attached hydrogen (secondary N) is 1. The van der Waals surface area contributed by atoms with Crippen molar-refractivity contribution in [2.75, 3.05) is 21.3 Å². The zero-order valence-electron chi connectivity index (χ0n) is 15.2. The summed E-state index contributed by atoms with van der Waals surface area (Å²) in [7, 11) is 4.66. The average Bonchev–Trinajstić information content (AvgIpc) is 3.05. The molecule has 1 heterocycles. The van der Waals surface area contributed by atoms with Crippen molar-refractivity contribution in [2.45, 2.75) is 0 Å². The Morgan fingerprint density at radius 1 is 1.04 bits per heavy atom. The molecule has 1 aromatic heterocycles. The predicted octanol–water partition coefficient (Wildman–Crippen LogP) is 4.82. The standard InChI is InChI=1S/C18H16Cl2N4O3S/c1-25-14-8-16(27-3)15(26-2)6-10(14)9-21-24-17(22-23-18(24)28)12-5-4-11(19)7-13(12)20/h4-9H,1-3H3,(H,23,28)/b21-9-. The summed E-state index contributed by atoms with van der Waals surface area (Å²) in [4.78, 5) is 0. The number of nitrogens with zero attached hydrogens (tertiary/aromatic N) is 3. The van der Waals surface area contributed by atoms with Gasteiger partial charge in [0, 0.05) is 22.2 Å². The Balaban J connectivity index is 2.07. The summed E-state index contributed by atoms with van der Waals surface area (Å²) >= 11 is 17.6. The fourth-order valence-corrected chi connectivity index (χ4v) is 3.19. The molecule has 0 radical (unpaired) electrons. The summed E-state index contributed by atoms with van der Waals surface area (Å²) in [5.41, 5.74) is 1.30. The number of hydrogen-bond donors (Lipinski definition) is 1. The summed E-state index contributed by atoms with van der Waals surface area (Å²) in [6, 6.07) is 8.55. The van der Waals surface area contributed by atoms with Crippen LogP contribution in [0.4, 0.5) is 0 Å². The Bertz CT molecular complexity index is 1090. The molecule has 2 aromatic carbocycles. The molecule has 3 rings (SSSR count). The van der Waals surface area contributed by atoms with Crippen molar-refractivity contribution in [1.82, 2.24) is 14.9 Å². The van der Waals surface area contributed by atoms with E-state index in [1.54, 1.807) is 57.9 Å². The molecular weight excluding hydrogens is 423 g/mol. The topological polar surface area (TPSA) is 73.7 Å². The molecule has 3 aromatic rings. The van der Waals surface area contributed by atoms with Crippen LogP contribution in [0.1, 0.15) is 5.56 Å². The summed E-state index contributed by atoms with van der Waals surface area (Å²) in [6.07, 6.45) is 1.58. The molecule has 10 heteroatoms. The highest BCUT2D eigenvalue weighted by Crippen LogP contribution is 2.34. The third-order valence-corrected chi connectivity index (χ3v) is 4.68. The molecule has 0 unspecified atom stereocenters. The molecule has 0 spiro atoms. The molecule has 0 atom stereocenters. The third kappa shape index (κ3) is 3.99. The highest BCUT2D eigenvalue weighted by Gasteiger charge is 2.14. The van der Waals surface area contributed by atoms with E-state index in [4.69, 9.17) is 49.6 Å². The van der Waals surface area contributed by atoms with Gasteiger partial charge in [0.05, 0.1) is 32.6 Å². The van der Waals surface area contributed by atoms with Crippen molar-refractivity contribution in [3.8, 4) is 28.6 Å². The van der Waals surface area contributed by atoms with Crippen LogP contribution in [0.25, 0.3) is 11.4 Å². The van der Waals surface area contributed by atoms with Gasteiger partial charge in [0.2, 0.25) is 4.77 Å². The van der Waals surface area contributed by atoms with Crippen molar-refractivity contribution < 1.29 is 14.2 Å². The van der Waals surface area contributed by atoms with Gasteiger partial charge in [0.25, 0.3) is 0 Å². The van der Waals surface area contributed by atoms with E-state index < -0.39 is 0 Å². The van der Waals surface area contributed by atoms with E-state index in [1.165, 1.54) is 4.68 Å². The predicted molar refractivity (Wildman–Crippen MR) is 112 cm³/mol.